The van der Waals surface area contributed by atoms with Crippen LogP contribution >= 0.6 is 0 Å². The van der Waals surface area contributed by atoms with Crippen molar-refractivity contribution in [1.29, 1.82) is 0 Å². The highest BCUT2D eigenvalue weighted by molar-refractivity contribution is 5.38. The molecule has 0 radical (unpaired) electrons. The summed E-state index contributed by atoms with van der Waals surface area (Å²) < 4.78 is 0. The molecule has 15 heavy (non-hydrogen) atoms. The van der Waals surface area contributed by atoms with Crippen molar-refractivity contribution in [3.8, 4) is 0 Å². The Morgan fingerprint density at radius 3 is 2.60 bits per heavy atom. The minimum Gasteiger partial charge on any atom is -0.316 e. The fourth-order valence-corrected chi connectivity index (χ4v) is 2.39. The van der Waals surface area contributed by atoms with Crippen LogP contribution in [-0.4, -0.2) is 13.1 Å². The molecule has 0 spiro atoms. The van der Waals surface area contributed by atoms with Gasteiger partial charge in [-0.25, -0.2) is 0 Å². The number of likely N-dealkylation sites (N-methyl/N-ethyl adjacent to an activating group) is 1. The number of hydrogen-bond donors (Lipinski definition) is 1. The van der Waals surface area contributed by atoms with Gasteiger partial charge in [-0.1, -0.05) is 32.0 Å². The van der Waals surface area contributed by atoms with Gasteiger partial charge in [-0.15, -0.1) is 0 Å². The molecule has 0 saturated heterocycles. The van der Waals surface area contributed by atoms with Crippen molar-refractivity contribution >= 4 is 0 Å². The van der Waals surface area contributed by atoms with E-state index in [-0.39, 0.29) is 0 Å². The topological polar surface area (TPSA) is 12.0 Å². The molecule has 0 bridgehead atoms. The molecule has 1 N–H and O–H groups in total. The third kappa shape index (κ3) is 2.07. The predicted molar refractivity (Wildman–Crippen MR) is 65.5 cm³/mol. The highest BCUT2D eigenvalue weighted by atomic mass is 14.9. The molecule has 1 aliphatic carbocycles. The number of nitrogens with one attached hydrogen (secondary N) is 1. The summed E-state index contributed by atoms with van der Waals surface area (Å²) in [5.74, 6) is 1.39. The largest absolute Gasteiger partial charge is 0.316 e. The minimum absolute atomic E-state index is 0.636. The van der Waals surface area contributed by atoms with Crippen LogP contribution in [0.5, 0.6) is 0 Å². The second-order valence-electron chi connectivity index (χ2n) is 5.01. The first-order valence-electron chi connectivity index (χ1n) is 5.91. The first kappa shape index (κ1) is 10.7. The smallest absolute Gasteiger partial charge is 0.0140 e. The molecule has 1 fully saturated rings. The van der Waals surface area contributed by atoms with E-state index >= 15 is 0 Å². The van der Waals surface area contributed by atoms with Gasteiger partial charge in [0, 0.05) is 12.0 Å². The maximum absolute atomic E-state index is 3.35. The molecule has 1 aromatic carbocycles. The number of hydrogen-bond acceptors (Lipinski definition) is 1. The molecule has 82 valence electrons. The highest BCUT2D eigenvalue weighted by Gasteiger charge is 2.36. The van der Waals surface area contributed by atoms with Crippen LogP contribution < -0.4 is 5.32 Å². The summed E-state index contributed by atoms with van der Waals surface area (Å²) in [5, 5.41) is 3.35. The molecule has 1 heteroatoms. The first-order valence-corrected chi connectivity index (χ1v) is 5.91. The Morgan fingerprint density at radius 2 is 2.07 bits per heavy atom. The zero-order valence-corrected chi connectivity index (χ0v) is 10.2. The molecular weight excluding hydrogens is 182 g/mol. The van der Waals surface area contributed by atoms with Gasteiger partial charge in [0.2, 0.25) is 0 Å². The average molecular weight is 203 g/mol. The van der Waals surface area contributed by atoms with Crippen LogP contribution in [0.15, 0.2) is 18.2 Å². The Labute approximate surface area is 92.9 Å². The van der Waals surface area contributed by atoms with E-state index in [4.69, 9.17) is 0 Å². The van der Waals surface area contributed by atoms with Gasteiger partial charge in [-0.3, -0.25) is 0 Å². The Hall–Kier alpha value is -0.820. The van der Waals surface area contributed by atoms with E-state index < -0.39 is 0 Å². The van der Waals surface area contributed by atoms with Gasteiger partial charge >= 0.3 is 0 Å². The third-order valence-electron chi connectivity index (χ3n) is 3.51. The number of rotatable bonds is 3. The molecule has 1 aromatic rings. The quantitative estimate of drug-likeness (QED) is 0.795. The lowest BCUT2D eigenvalue weighted by atomic mass is 9.94. The molecule has 0 amide bonds. The molecule has 2 rings (SSSR count). The van der Waals surface area contributed by atoms with Crippen LogP contribution in [0.1, 0.15) is 48.8 Å². The van der Waals surface area contributed by atoms with Crippen LogP contribution in [0.2, 0.25) is 0 Å². The summed E-state index contributed by atoms with van der Waals surface area (Å²) in [4.78, 5) is 0. The van der Waals surface area contributed by atoms with Crippen molar-refractivity contribution in [2.75, 3.05) is 7.05 Å². The maximum Gasteiger partial charge on any atom is 0.0140 e. The normalized spacial score (nSPS) is 24.6. The van der Waals surface area contributed by atoms with E-state index in [0.717, 1.165) is 5.92 Å². The van der Waals surface area contributed by atoms with E-state index in [1.807, 2.05) is 0 Å². The monoisotopic (exact) mass is 203 g/mol. The van der Waals surface area contributed by atoms with Crippen LogP contribution in [-0.2, 0) is 0 Å². The minimum atomic E-state index is 0.636. The van der Waals surface area contributed by atoms with Gasteiger partial charge in [0.1, 0.15) is 0 Å². The van der Waals surface area contributed by atoms with Crippen molar-refractivity contribution in [1.82, 2.24) is 5.32 Å². The fraction of sp³-hybridized carbons (Fsp3) is 0.571. The summed E-state index contributed by atoms with van der Waals surface area (Å²) in [5.41, 5.74) is 4.45. The first-order chi connectivity index (χ1) is 7.13. The Morgan fingerprint density at radius 1 is 1.33 bits per heavy atom. The van der Waals surface area contributed by atoms with Crippen LogP contribution in [0.4, 0.5) is 0 Å². The molecule has 0 aliphatic heterocycles. The summed E-state index contributed by atoms with van der Waals surface area (Å²) in [6, 6.07) is 7.69. The molecule has 2 atom stereocenters. The van der Waals surface area contributed by atoms with Gasteiger partial charge in [-0.2, -0.15) is 0 Å². The molecule has 2 unspecified atom stereocenters. The molecule has 1 nitrogen and oxygen atoms in total. The summed E-state index contributed by atoms with van der Waals surface area (Å²) in [7, 11) is 2.06. The van der Waals surface area contributed by atoms with Crippen molar-refractivity contribution in [2.24, 2.45) is 0 Å². The molecular formula is C14H21N. The van der Waals surface area contributed by atoms with Gasteiger partial charge in [0.05, 0.1) is 0 Å². The van der Waals surface area contributed by atoms with Gasteiger partial charge in [-0.05, 0) is 43.0 Å². The number of benzene rings is 1. The van der Waals surface area contributed by atoms with Crippen molar-refractivity contribution < 1.29 is 0 Å². The zero-order valence-electron chi connectivity index (χ0n) is 10.2. The lowest BCUT2D eigenvalue weighted by Gasteiger charge is -2.11. The second-order valence-corrected chi connectivity index (χ2v) is 5.01. The summed E-state index contributed by atoms with van der Waals surface area (Å²) in [6.45, 7) is 6.75. The highest BCUT2D eigenvalue weighted by Crippen LogP contribution is 2.41. The molecule has 1 saturated carbocycles. The molecule has 0 heterocycles. The van der Waals surface area contributed by atoms with Crippen molar-refractivity contribution in [3.05, 3.63) is 34.9 Å². The van der Waals surface area contributed by atoms with E-state index in [1.165, 1.54) is 23.1 Å². The molecule has 1 aliphatic rings. The Balaban J connectivity index is 2.24. The van der Waals surface area contributed by atoms with Crippen LogP contribution in [0.25, 0.3) is 0 Å². The fourth-order valence-electron chi connectivity index (χ4n) is 2.39. The third-order valence-corrected chi connectivity index (χ3v) is 3.51. The summed E-state index contributed by atoms with van der Waals surface area (Å²) >= 11 is 0. The van der Waals surface area contributed by atoms with E-state index in [1.54, 1.807) is 0 Å². The lowest BCUT2D eigenvalue weighted by molar-refractivity contribution is 0.781. The maximum atomic E-state index is 3.35. The standard InChI is InChI=1S/C14H21N/c1-9(2)12-7-11(6-5-10(12)3)13-8-14(13)15-4/h5-7,9,13-15H,8H2,1-4H3. The van der Waals surface area contributed by atoms with Gasteiger partial charge in [0.25, 0.3) is 0 Å². The van der Waals surface area contributed by atoms with Gasteiger partial charge < -0.3 is 5.32 Å². The van der Waals surface area contributed by atoms with Crippen molar-refractivity contribution in [3.63, 3.8) is 0 Å². The lowest BCUT2D eigenvalue weighted by Crippen LogP contribution is -2.10. The molecule has 0 aromatic heterocycles. The van der Waals surface area contributed by atoms with Gasteiger partial charge in [0.15, 0.2) is 0 Å². The van der Waals surface area contributed by atoms with Crippen LogP contribution in [0.3, 0.4) is 0 Å². The average Bonchev–Trinajstić information content (AvgIpc) is 2.97. The van der Waals surface area contributed by atoms with E-state index in [2.05, 4.69) is 51.3 Å². The Bertz CT molecular complexity index is 354. The zero-order chi connectivity index (χ0) is 11.0. The van der Waals surface area contributed by atoms with Crippen LogP contribution in [0, 0.1) is 6.92 Å². The van der Waals surface area contributed by atoms with E-state index in [9.17, 15) is 0 Å². The van der Waals surface area contributed by atoms with Crippen molar-refractivity contribution in [2.45, 2.75) is 45.1 Å². The predicted octanol–water partition coefficient (Wildman–Crippen LogP) is 3.19. The van der Waals surface area contributed by atoms with E-state index in [0.29, 0.717) is 12.0 Å². The number of aryl methyl sites for hydroxylation is 1. The Kier molecular flexibility index (Phi) is 2.83. The SMILES string of the molecule is CNC1CC1c1ccc(C)c(C(C)C)c1. The summed E-state index contributed by atoms with van der Waals surface area (Å²) in [6.07, 6.45) is 1.30. The second kappa shape index (κ2) is 3.97.